The number of nitrogens with one attached hydrogen (secondary N) is 1. The molecule has 2 aromatic rings. The molecule has 2 atom stereocenters. The zero-order valence-electron chi connectivity index (χ0n) is 16.0. The average molecular weight is 396 g/mol. The number of carboxylic acids is 1. The molecule has 1 aliphatic rings. The molecule has 152 valence electrons. The molecule has 1 saturated heterocycles. The van der Waals surface area contributed by atoms with Crippen LogP contribution in [-0.4, -0.2) is 46.6 Å². The number of benzene rings is 2. The number of nitrogens with zero attached hydrogens (tertiary/aromatic N) is 1. The first-order valence-electron chi connectivity index (χ1n) is 9.59. The van der Waals surface area contributed by atoms with Crippen molar-refractivity contribution in [3.05, 3.63) is 71.8 Å². The Kier molecular flexibility index (Phi) is 6.84. The third-order valence-electron chi connectivity index (χ3n) is 4.89. The molecular formula is C22H24N2O5. The van der Waals surface area contributed by atoms with Gasteiger partial charge in [0.05, 0.1) is 0 Å². The Morgan fingerprint density at radius 1 is 1.03 bits per heavy atom. The fourth-order valence-electron chi connectivity index (χ4n) is 3.38. The first-order valence-corrected chi connectivity index (χ1v) is 9.59. The van der Waals surface area contributed by atoms with Crippen molar-refractivity contribution < 1.29 is 24.2 Å². The monoisotopic (exact) mass is 396 g/mol. The van der Waals surface area contributed by atoms with Crippen LogP contribution < -0.4 is 5.32 Å². The second kappa shape index (κ2) is 9.73. The van der Waals surface area contributed by atoms with Crippen molar-refractivity contribution in [3.63, 3.8) is 0 Å². The number of carboxylic acid groups (broad SMARTS) is 1. The Labute approximate surface area is 169 Å². The molecule has 2 N–H and O–H groups in total. The fourth-order valence-corrected chi connectivity index (χ4v) is 3.38. The molecule has 0 saturated carbocycles. The molecule has 2 amide bonds. The van der Waals surface area contributed by atoms with Crippen LogP contribution in [0.5, 0.6) is 0 Å². The van der Waals surface area contributed by atoms with Crippen molar-refractivity contribution in [1.29, 1.82) is 0 Å². The summed E-state index contributed by atoms with van der Waals surface area (Å²) in [5.74, 6) is -1.58. The molecule has 3 rings (SSSR count). The summed E-state index contributed by atoms with van der Waals surface area (Å²) >= 11 is 0. The van der Waals surface area contributed by atoms with E-state index in [0.717, 1.165) is 11.1 Å². The summed E-state index contributed by atoms with van der Waals surface area (Å²) in [7, 11) is 0. The molecule has 2 aromatic carbocycles. The molecule has 0 spiro atoms. The number of carbonyl (C=O) groups excluding carboxylic acids is 2. The number of rotatable bonds is 7. The molecule has 0 aromatic heterocycles. The predicted molar refractivity (Wildman–Crippen MR) is 106 cm³/mol. The standard InChI is InChI=1S/C22H24N2O5/c25-20(23-18(21(26)27)14-16-8-3-1-4-9-16)19-12-7-13-24(19)22(28)29-15-17-10-5-2-6-11-17/h1-6,8-11,18-19H,7,12-15H2,(H,23,25)(H,26,27)/t18-,19-/m0/s1. The highest BCUT2D eigenvalue weighted by Crippen LogP contribution is 2.19. The minimum absolute atomic E-state index is 0.121. The second-order valence-corrected chi connectivity index (χ2v) is 6.98. The molecule has 1 aliphatic heterocycles. The van der Waals surface area contributed by atoms with E-state index in [2.05, 4.69) is 5.32 Å². The lowest BCUT2D eigenvalue weighted by Crippen LogP contribution is -2.51. The highest BCUT2D eigenvalue weighted by Gasteiger charge is 2.36. The zero-order valence-corrected chi connectivity index (χ0v) is 16.0. The lowest BCUT2D eigenvalue weighted by atomic mass is 10.1. The van der Waals surface area contributed by atoms with E-state index in [-0.39, 0.29) is 13.0 Å². The quantitative estimate of drug-likeness (QED) is 0.750. The van der Waals surface area contributed by atoms with Crippen LogP contribution >= 0.6 is 0 Å². The fraction of sp³-hybridized carbons (Fsp3) is 0.318. The van der Waals surface area contributed by atoms with Crippen LogP contribution in [-0.2, 0) is 27.4 Å². The number of hydrogen-bond donors (Lipinski definition) is 2. The van der Waals surface area contributed by atoms with Gasteiger partial charge in [-0.15, -0.1) is 0 Å². The van der Waals surface area contributed by atoms with Crippen molar-refractivity contribution in [1.82, 2.24) is 10.2 Å². The molecular weight excluding hydrogens is 372 g/mol. The SMILES string of the molecule is O=C(O)[C@H](Cc1ccccc1)NC(=O)[C@@H]1CCCN1C(=O)OCc1ccccc1. The Bertz CT molecular complexity index is 841. The highest BCUT2D eigenvalue weighted by molar-refractivity contribution is 5.89. The van der Waals surface area contributed by atoms with Gasteiger partial charge in [-0.1, -0.05) is 60.7 Å². The van der Waals surface area contributed by atoms with Crippen LogP contribution in [0.1, 0.15) is 24.0 Å². The number of carbonyl (C=O) groups is 3. The lowest BCUT2D eigenvalue weighted by molar-refractivity contribution is -0.142. The smallest absolute Gasteiger partial charge is 0.410 e. The van der Waals surface area contributed by atoms with Gasteiger partial charge in [0.25, 0.3) is 0 Å². The van der Waals surface area contributed by atoms with Crippen LogP contribution in [0.4, 0.5) is 4.79 Å². The predicted octanol–water partition coefficient (Wildman–Crippen LogP) is 2.60. The number of hydrogen-bond acceptors (Lipinski definition) is 4. The molecule has 1 fully saturated rings. The third-order valence-corrected chi connectivity index (χ3v) is 4.89. The van der Waals surface area contributed by atoms with Crippen molar-refractivity contribution in [2.24, 2.45) is 0 Å². The van der Waals surface area contributed by atoms with Crippen molar-refractivity contribution >= 4 is 18.0 Å². The first-order chi connectivity index (χ1) is 14.0. The zero-order chi connectivity index (χ0) is 20.6. The van der Waals surface area contributed by atoms with Crippen molar-refractivity contribution in [2.75, 3.05) is 6.54 Å². The Balaban J connectivity index is 1.59. The normalized spacial score (nSPS) is 16.8. The Morgan fingerprint density at radius 2 is 1.66 bits per heavy atom. The van der Waals surface area contributed by atoms with Crippen LogP contribution in [0.25, 0.3) is 0 Å². The molecule has 0 aliphatic carbocycles. The minimum atomic E-state index is -1.11. The summed E-state index contributed by atoms with van der Waals surface area (Å²) in [6.07, 6.45) is 0.743. The largest absolute Gasteiger partial charge is 0.480 e. The van der Waals surface area contributed by atoms with Gasteiger partial charge >= 0.3 is 12.1 Å². The van der Waals surface area contributed by atoms with E-state index in [1.165, 1.54) is 4.90 Å². The van der Waals surface area contributed by atoms with Crippen molar-refractivity contribution in [2.45, 2.75) is 38.0 Å². The summed E-state index contributed by atoms with van der Waals surface area (Å²) < 4.78 is 5.33. The number of ether oxygens (including phenoxy) is 1. The van der Waals surface area contributed by atoms with E-state index in [1.54, 1.807) is 0 Å². The van der Waals surface area contributed by atoms with Gasteiger partial charge in [0, 0.05) is 13.0 Å². The van der Waals surface area contributed by atoms with Crippen LogP contribution in [0, 0.1) is 0 Å². The van der Waals surface area contributed by atoms with E-state index in [4.69, 9.17) is 4.74 Å². The molecule has 1 heterocycles. The van der Waals surface area contributed by atoms with Crippen LogP contribution in [0.3, 0.4) is 0 Å². The van der Waals surface area contributed by atoms with E-state index in [1.807, 2.05) is 60.7 Å². The topological polar surface area (TPSA) is 95.9 Å². The Morgan fingerprint density at radius 3 is 2.28 bits per heavy atom. The third kappa shape index (κ3) is 5.57. The first kappa shape index (κ1) is 20.4. The maximum atomic E-state index is 12.7. The maximum absolute atomic E-state index is 12.7. The van der Waals surface area contributed by atoms with Gasteiger partial charge in [-0.05, 0) is 24.0 Å². The average Bonchev–Trinajstić information content (AvgIpc) is 3.23. The number of amides is 2. The van der Waals surface area contributed by atoms with Crippen molar-refractivity contribution in [3.8, 4) is 0 Å². The summed E-state index contributed by atoms with van der Waals surface area (Å²) in [6.45, 7) is 0.526. The van der Waals surface area contributed by atoms with Crippen LogP contribution in [0.2, 0.25) is 0 Å². The van der Waals surface area contributed by atoms with Gasteiger partial charge in [-0.2, -0.15) is 0 Å². The number of likely N-dealkylation sites (tertiary alicyclic amines) is 1. The summed E-state index contributed by atoms with van der Waals surface area (Å²) in [4.78, 5) is 38.2. The highest BCUT2D eigenvalue weighted by atomic mass is 16.6. The molecule has 7 heteroatoms. The molecule has 0 bridgehead atoms. The van der Waals surface area contributed by atoms with E-state index in [0.29, 0.717) is 19.4 Å². The molecule has 29 heavy (non-hydrogen) atoms. The van der Waals surface area contributed by atoms with E-state index < -0.39 is 30.1 Å². The molecule has 0 radical (unpaired) electrons. The Hall–Kier alpha value is -3.35. The summed E-state index contributed by atoms with van der Waals surface area (Å²) in [5.41, 5.74) is 1.67. The molecule has 0 unspecified atom stereocenters. The minimum Gasteiger partial charge on any atom is -0.480 e. The summed E-state index contributed by atoms with van der Waals surface area (Å²) in [5, 5.41) is 12.1. The van der Waals surface area contributed by atoms with Gasteiger partial charge < -0.3 is 15.2 Å². The van der Waals surface area contributed by atoms with Gasteiger partial charge in [-0.3, -0.25) is 9.69 Å². The lowest BCUT2D eigenvalue weighted by Gasteiger charge is -2.25. The van der Waals surface area contributed by atoms with Gasteiger partial charge in [0.15, 0.2) is 0 Å². The molecule has 7 nitrogen and oxygen atoms in total. The maximum Gasteiger partial charge on any atom is 0.410 e. The van der Waals surface area contributed by atoms with E-state index >= 15 is 0 Å². The number of aliphatic carboxylic acids is 1. The van der Waals surface area contributed by atoms with Crippen LogP contribution in [0.15, 0.2) is 60.7 Å². The summed E-state index contributed by atoms with van der Waals surface area (Å²) in [6, 6.07) is 16.6. The van der Waals surface area contributed by atoms with Gasteiger partial charge in [-0.25, -0.2) is 9.59 Å². The van der Waals surface area contributed by atoms with E-state index in [9.17, 15) is 19.5 Å². The van der Waals surface area contributed by atoms with Gasteiger partial charge in [0.1, 0.15) is 18.7 Å². The van der Waals surface area contributed by atoms with Gasteiger partial charge in [0.2, 0.25) is 5.91 Å². The second-order valence-electron chi connectivity index (χ2n) is 6.98.